The maximum absolute atomic E-state index is 12.6. The monoisotopic (exact) mass is 533 g/mol. The summed E-state index contributed by atoms with van der Waals surface area (Å²) in [5.41, 5.74) is 7.59. The van der Waals surface area contributed by atoms with Gasteiger partial charge in [0.15, 0.2) is 0 Å². The fraction of sp³-hybridized carbons (Fsp3) is 0.229. The van der Waals surface area contributed by atoms with Crippen molar-refractivity contribution in [1.29, 1.82) is 0 Å². The lowest BCUT2D eigenvalue weighted by molar-refractivity contribution is 0.0734. The molecular weight excluding hydrogens is 498 g/mol. The van der Waals surface area contributed by atoms with Crippen LogP contribution in [0.4, 0.5) is 0 Å². The average molecular weight is 534 g/mol. The van der Waals surface area contributed by atoms with E-state index in [4.69, 9.17) is 14.2 Å². The van der Waals surface area contributed by atoms with Crippen LogP contribution in [0.25, 0.3) is 11.1 Å². The Hall–Kier alpha value is -4.35. The Balaban J connectivity index is 1.54. The predicted octanol–water partition coefficient (Wildman–Crippen LogP) is 7.50. The summed E-state index contributed by atoms with van der Waals surface area (Å²) >= 11 is 0. The van der Waals surface area contributed by atoms with E-state index in [9.17, 15) is 4.79 Å². The van der Waals surface area contributed by atoms with Gasteiger partial charge in [-0.15, -0.1) is 0 Å². The molecule has 0 amide bonds. The number of methoxy groups -OCH3 is 1. The first kappa shape index (κ1) is 27.2. The maximum atomic E-state index is 12.6. The first-order valence-corrected chi connectivity index (χ1v) is 13.6. The zero-order chi connectivity index (χ0) is 28.1. The van der Waals surface area contributed by atoms with E-state index in [1.807, 2.05) is 86.6 Å². The highest BCUT2D eigenvalue weighted by atomic mass is 16.5. The molecule has 204 valence electrons. The van der Waals surface area contributed by atoms with Gasteiger partial charge >= 0.3 is 5.97 Å². The Morgan fingerprint density at radius 2 is 1.40 bits per heavy atom. The second-order valence-corrected chi connectivity index (χ2v) is 10.2. The van der Waals surface area contributed by atoms with Crippen molar-refractivity contribution in [3.05, 3.63) is 125 Å². The van der Waals surface area contributed by atoms with Crippen molar-refractivity contribution in [3.8, 4) is 17.2 Å². The van der Waals surface area contributed by atoms with Crippen molar-refractivity contribution in [1.82, 2.24) is 4.90 Å². The number of carbonyl (C=O) groups excluding carboxylic acids is 1. The highest BCUT2D eigenvalue weighted by molar-refractivity contribution is 6.00. The number of esters is 1. The van der Waals surface area contributed by atoms with Crippen LogP contribution in [0.15, 0.2) is 97.1 Å². The van der Waals surface area contributed by atoms with Gasteiger partial charge in [-0.25, -0.2) is 4.79 Å². The summed E-state index contributed by atoms with van der Waals surface area (Å²) in [6, 6.07) is 31.4. The molecule has 0 heterocycles. The predicted molar refractivity (Wildman–Crippen MR) is 160 cm³/mol. The molecule has 0 radical (unpaired) electrons. The molecule has 0 bridgehead atoms. The lowest BCUT2D eigenvalue weighted by atomic mass is 9.80. The minimum Gasteiger partial charge on any atom is -0.496 e. The van der Waals surface area contributed by atoms with Gasteiger partial charge in [0.2, 0.25) is 0 Å². The third kappa shape index (κ3) is 5.95. The summed E-state index contributed by atoms with van der Waals surface area (Å²) < 4.78 is 17.5. The fourth-order valence-corrected chi connectivity index (χ4v) is 5.08. The average Bonchev–Trinajstić information content (AvgIpc) is 2.99. The Bertz CT molecular complexity index is 1490. The van der Waals surface area contributed by atoms with Crippen molar-refractivity contribution < 1.29 is 19.0 Å². The zero-order valence-electron chi connectivity index (χ0n) is 23.5. The van der Waals surface area contributed by atoms with Crippen LogP contribution in [0.1, 0.15) is 52.4 Å². The Kier molecular flexibility index (Phi) is 8.32. The number of rotatable bonds is 8. The quantitative estimate of drug-likeness (QED) is 0.133. The molecule has 0 aromatic heterocycles. The molecule has 5 rings (SSSR count). The third-order valence-electron chi connectivity index (χ3n) is 7.37. The molecule has 0 aliphatic heterocycles. The van der Waals surface area contributed by atoms with Crippen LogP contribution in [-0.4, -0.2) is 38.3 Å². The summed E-state index contributed by atoms with van der Waals surface area (Å²) in [6.45, 7) is 2.03. The van der Waals surface area contributed by atoms with Crippen molar-refractivity contribution >= 4 is 17.1 Å². The van der Waals surface area contributed by atoms with E-state index in [0.29, 0.717) is 11.3 Å². The summed E-state index contributed by atoms with van der Waals surface area (Å²) in [7, 11) is 5.73. The lowest BCUT2D eigenvalue weighted by Crippen LogP contribution is -2.30. The standard InChI is InChI=1S/C35H35NO4/c1-24(36(2)3)39-28-20-16-25(17-21-28)34(32-14-8-13-31-30(32)12-9-15-33(31)38-4)26-18-22-29(23-19-26)40-35(37)27-10-6-5-7-11-27/h5-7,9-12,15-24H,8,13-14H2,1-4H3. The molecule has 0 saturated carbocycles. The van der Waals surface area contributed by atoms with Gasteiger partial charge in [-0.3, -0.25) is 4.90 Å². The molecular formula is C35H35NO4. The van der Waals surface area contributed by atoms with Crippen LogP contribution in [0, 0.1) is 0 Å². The van der Waals surface area contributed by atoms with Crippen molar-refractivity contribution in [2.24, 2.45) is 0 Å². The molecule has 1 aliphatic carbocycles. The van der Waals surface area contributed by atoms with Crippen LogP contribution < -0.4 is 14.2 Å². The summed E-state index contributed by atoms with van der Waals surface area (Å²) in [4.78, 5) is 14.6. The summed E-state index contributed by atoms with van der Waals surface area (Å²) in [5, 5.41) is 0. The molecule has 1 unspecified atom stereocenters. The van der Waals surface area contributed by atoms with E-state index in [0.717, 1.165) is 47.5 Å². The van der Waals surface area contributed by atoms with E-state index >= 15 is 0 Å². The maximum Gasteiger partial charge on any atom is 0.343 e. The third-order valence-corrected chi connectivity index (χ3v) is 7.37. The second kappa shape index (κ2) is 12.2. The molecule has 40 heavy (non-hydrogen) atoms. The van der Waals surface area contributed by atoms with E-state index in [1.54, 1.807) is 19.2 Å². The molecule has 0 fully saturated rings. The van der Waals surface area contributed by atoms with Gasteiger partial charge in [0, 0.05) is 5.56 Å². The van der Waals surface area contributed by atoms with Gasteiger partial charge in [-0.2, -0.15) is 0 Å². The number of benzene rings is 4. The highest BCUT2D eigenvalue weighted by Crippen LogP contribution is 2.42. The number of ether oxygens (including phenoxy) is 3. The van der Waals surface area contributed by atoms with Crippen LogP contribution >= 0.6 is 0 Å². The SMILES string of the molecule is COc1cccc2c1CCCC2=C(c1ccc(OC(=O)c2ccccc2)cc1)c1ccc(OC(C)N(C)C)cc1. The van der Waals surface area contributed by atoms with Crippen LogP contribution in [0.3, 0.4) is 0 Å². The molecule has 0 spiro atoms. The summed E-state index contributed by atoms with van der Waals surface area (Å²) in [5.74, 6) is 1.89. The van der Waals surface area contributed by atoms with Crippen molar-refractivity contribution in [2.75, 3.05) is 21.2 Å². The number of fused-ring (bicyclic) bond motifs is 1. The first-order chi connectivity index (χ1) is 19.4. The molecule has 0 saturated heterocycles. The number of carbonyl (C=O) groups is 1. The normalized spacial score (nSPS) is 14.7. The highest BCUT2D eigenvalue weighted by Gasteiger charge is 2.23. The van der Waals surface area contributed by atoms with Crippen LogP contribution in [-0.2, 0) is 6.42 Å². The number of hydrogen-bond donors (Lipinski definition) is 0. The zero-order valence-corrected chi connectivity index (χ0v) is 23.5. The van der Waals surface area contributed by atoms with Gasteiger partial charge in [0.25, 0.3) is 0 Å². The second-order valence-electron chi connectivity index (χ2n) is 10.2. The molecule has 1 aliphatic rings. The van der Waals surface area contributed by atoms with Gasteiger partial charge < -0.3 is 14.2 Å². The molecule has 5 heteroatoms. The van der Waals surface area contributed by atoms with Crippen LogP contribution in [0.2, 0.25) is 0 Å². The number of hydrogen-bond acceptors (Lipinski definition) is 5. The molecule has 5 nitrogen and oxygen atoms in total. The van der Waals surface area contributed by atoms with Gasteiger partial charge in [0.05, 0.1) is 12.7 Å². The fourth-order valence-electron chi connectivity index (χ4n) is 5.08. The Morgan fingerprint density at radius 3 is 2.02 bits per heavy atom. The van der Waals surface area contributed by atoms with Gasteiger partial charge in [0.1, 0.15) is 23.5 Å². The lowest BCUT2D eigenvalue weighted by Gasteiger charge is -2.25. The van der Waals surface area contributed by atoms with Crippen molar-refractivity contribution in [2.45, 2.75) is 32.4 Å². The van der Waals surface area contributed by atoms with Gasteiger partial charge in [-0.1, -0.05) is 54.6 Å². The van der Waals surface area contributed by atoms with E-state index in [-0.39, 0.29) is 12.2 Å². The molecule has 4 aromatic carbocycles. The van der Waals surface area contributed by atoms with E-state index in [2.05, 4.69) is 24.3 Å². The number of allylic oxidation sites excluding steroid dienone is 1. The smallest absolute Gasteiger partial charge is 0.343 e. The molecule has 4 aromatic rings. The van der Waals surface area contributed by atoms with E-state index in [1.165, 1.54) is 16.7 Å². The largest absolute Gasteiger partial charge is 0.496 e. The van der Waals surface area contributed by atoms with Gasteiger partial charge in [-0.05, 0) is 111 Å². The van der Waals surface area contributed by atoms with Crippen molar-refractivity contribution in [3.63, 3.8) is 0 Å². The van der Waals surface area contributed by atoms with E-state index < -0.39 is 0 Å². The minimum absolute atomic E-state index is 0.0347. The Morgan fingerprint density at radius 1 is 0.750 bits per heavy atom. The van der Waals surface area contributed by atoms with Crippen LogP contribution in [0.5, 0.6) is 17.2 Å². The minimum atomic E-state index is -0.372. The summed E-state index contributed by atoms with van der Waals surface area (Å²) in [6.07, 6.45) is 2.95. The molecule has 0 N–H and O–H groups in total. The first-order valence-electron chi connectivity index (χ1n) is 13.6. The topological polar surface area (TPSA) is 48.0 Å². The molecule has 1 atom stereocenters. The Labute approximate surface area is 236 Å². The number of nitrogens with zero attached hydrogens (tertiary/aromatic N) is 1.